The second kappa shape index (κ2) is 6.64. The molecule has 0 saturated carbocycles. The molecule has 0 fully saturated rings. The molecule has 0 saturated heterocycles. The zero-order valence-corrected chi connectivity index (χ0v) is 11.1. The standard InChI is InChI=1S/C11H17F2N3S/c1-4-14-10-8(12)7-9(13)11(15-10)16(2)5-6-17-3/h7H,4-6H2,1-3H3,(H,14,15). The Morgan fingerprint density at radius 1 is 1.41 bits per heavy atom. The fourth-order valence-electron chi connectivity index (χ4n) is 1.35. The third-order valence-corrected chi connectivity index (χ3v) is 2.84. The van der Waals surface area contributed by atoms with Gasteiger partial charge in [-0.15, -0.1) is 0 Å². The van der Waals surface area contributed by atoms with Gasteiger partial charge in [-0.1, -0.05) is 0 Å². The van der Waals surface area contributed by atoms with Gasteiger partial charge in [0.1, 0.15) is 0 Å². The maximum absolute atomic E-state index is 13.6. The average Bonchev–Trinajstić information content (AvgIpc) is 2.29. The van der Waals surface area contributed by atoms with Crippen LogP contribution in [0.15, 0.2) is 6.07 Å². The van der Waals surface area contributed by atoms with Crippen LogP contribution in [0.25, 0.3) is 0 Å². The summed E-state index contributed by atoms with van der Waals surface area (Å²) in [6, 6.07) is 0.871. The lowest BCUT2D eigenvalue weighted by Crippen LogP contribution is -2.23. The Bertz CT molecular complexity index is 374. The van der Waals surface area contributed by atoms with E-state index in [9.17, 15) is 8.78 Å². The normalized spacial score (nSPS) is 10.4. The first-order valence-electron chi connectivity index (χ1n) is 5.40. The summed E-state index contributed by atoms with van der Waals surface area (Å²) in [6.45, 7) is 3.05. The third kappa shape index (κ3) is 3.73. The molecule has 1 rings (SSSR count). The van der Waals surface area contributed by atoms with Gasteiger partial charge in [-0.25, -0.2) is 13.8 Å². The van der Waals surface area contributed by atoms with E-state index in [4.69, 9.17) is 0 Å². The van der Waals surface area contributed by atoms with Crippen molar-refractivity contribution in [3.63, 3.8) is 0 Å². The summed E-state index contributed by atoms with van der Waals surface area (Å²) in [6.07, 6.45) is 1.98. The summed E-state index contributed by atoms with van der Waals surface area (Å²) in [5, 5.41) is 2.77. The van der Waals surface area contributed by atoms with E-state index >= 15 is 0 Å². The second-order valence-corrected chi connectivity index (χ2v) is 4.55. The monoisotopic (exact) mass is 261 g/mol. The average molecular weight is 261 g/mol. The molecule has 0 bridgehead atoms. The van der Waals surface area contributed by atoms with Crippen molar-refractivity contribution < 1.29 is 8.78 Å². The van der Waals surface area contributed by atoms with Gasteiger partial charge < -0.3 is 10.2 Å². The number of aromatic nitrogens is 1. The summed E-state index contributed by atoms with van der Waals surface area (Å²) in [5.74, 6) is -0.152. The number of nitrogens with zero attached hydrogens (tertiary/aromatic N) is 2. The number of thioether (sulfide) groups is 1. The van der Waals surface area contributed by atoms with E-state index in [1.165, 1.54) is 0 Å². The van der Waals surface area contributed by atoms with Crippen molar-refractivity contribution in [2.24, 2.45) is 0 Å². The van der Waals surface area contributed by atoms with E-state index in [0.29, 0.717) is 13.1 Å². The van der Waals surface area contributed by atoms with Crippen LogP contribution in [0.1, 0.15) is 6.92 Å². The topological polar surface area (TPSA) is 28.2 Å². The van der Waals surface area contributed by atoms with E-state index in [2.05, 4.69) is 10.3 Å². The molecule has 0 amide bonds. The Labute approximate surface area is 105 Å². The highest BCUT2D eigenvalue weighted by Crippen LogP contribution is 2.21. The highest BCUT2D eigenvalue weighted by molar-refractivity contribution is 7.98. The predicted molar refractivity (Wildman–Crippen MR) is 70.0 cm³/mol. The van der Waals surface area contributed by atoms with E-state index < -0.39 is 11.6 Å². The van der Waals surface area contributed by atoms with Crippen LogP contribution in [-0.2, 0) is 0 Å². The molecule has 0 aliphatic rings. The molecule has 6 heteroatoms. The lowest BCUT2D eigenvalue weighted by Gasteiger charge is -2.19. The largest absolute Gasteiger partial charge is 0.368 e. The van der Waals surface area contributed by atoms with E-state index in [0.717, 1.165) is 11.8 Å². The molecule has 0 radical (unpaired) electrons. The minimum atomic E-state index is -0.661. The molecule has 1 aromatic heterocycles. The summed E-state index contributed by atoms with van der Waals surface area (Å²) < 4.78 is 26.9. The molecule has 1 heterocycles. The molecule has 96 valence electrons. The van der Waals surface area contributed by atoms with Gasteiger partial charge in [0, 0.05) is 32.0 Å². The number of hydrogen-bond acceptors (Lipinski definition) is 4. The van der Waals surface area contributed by atoms with Crippen LogP contribution in [0.2, 0.25) is 0 Å². The second-order valence-electron chi connectivity index (χ2n) is 3.57. The molecule has 1 aromatic rings. The van der Waals surface area contributed by atoms with Crippen LogP contribution in [-0.4, -0.2) is 37.1 Å². The molecular weight excluding hydrogens is 244 g/mol. The first-order valence-corrected chi connectivity index (χ1v) is 6.79. The molecule has 0 unspecified atom stereocenters. The van der Waals surface area contributed by atoms with Crippen molar-refractivity contribution in [1.29, 1.82) is 0 Å². The van der Waals surface area contributed by atoms with Gasteiger partial charge in [0.2, 0.25) is 0 Å². The van der Waals surface area contributed by atoms with Crippen LogP contribution < -0.4 is 10.2 Å². The van der Waals surface area contributed by atoms with Crippen LogP contribution >= 0.6 is 11.8 Å². The Morgan fingerprint density at radius 3 is 2.71 bits per heavy atom. The Balaban J connectivity index is 2.93. The van der Waals surface area contributed by atoms with Crippen LogP contribution in [0.3, 0.4) is 0 Å². The van der Waals surface area contributed by atoms with Crippen molar-refractivity contribution in [3.05, 3.63) is 17.7 Å². The molecule has 0 aliphatic carbocycles. The number of rotatable bonds is 6. The van der Waals surface area contributed by atoms with Gasteiger partial charge in [-0.3, -0.25) is 0 Å². The molecular formula is C11H17F2N3S. The van der Waals surface area contributed by atoms with E-state index in [-0.39, 0.29) is 11.6 Å². The lowest BCUT2D eigenvalue weighted by atomic mass is 10.3. The maximum Gasteiger partial charge on any atom is 0.168 e. The Hall–Kier alpha value is -1.04. The summed E-state index contributed by atoms with van der Waals surface area (Å²) >= 11 is 1.67. The van der Waals surface area contributed by atoms with Gasteiger partial charge in [-0.2, -0.15) is 11.8 Å². The highest BCUT2D eigenvalue weighted by atomic mass is 32.2. The number of nitrogens with one attached hydrogen (secondary N) is 1. The molecule has 0 atom stereocenters. The molecule has 0 aromatic carbocycles. The van der Waals surface area contributed by atoms with E-state index in [1.807, 2.05) is 13.2 Å². The van der Waals surface area contributed by atoms with Gasteiger partial charge in [-0.05, 0) is 13.2 Å². The maximum atomic E-state index is 13.6. The van der Waals surface area contributed by atoms with Crippen molar-refractivity contribution in [2.75, 3.05) is 42.4 Å². The predicted octanol–water partition coefficient (Wildman–Crippen LogP) is 2.59. The van der Waals surface area contributed by atoms with Crippen LogP contribution in [0.4, 0.5) is 20.4 Å². The third-order valence-electron chi connectivity index (χ3n) is 2.25. The molecule has 3 nitrogen and oxygen atoms in total. The summed E-state index contributed by atoms with van der Waals surface area (Å²) in [5.41, 5.74) is 0. The van der Waals surface area contributed by atoms with Crippen molar-refractivity contribution in [3.8, 4) is 0 Å². The SMILES string of the molecule is CCNc1nc(N(C)CCSC)c(F)cc1F. The number of anilines is 2. The first-order chi connectivity index (χ1) is 8.10. The lowest BCUT2D eigenvalue weighted by molar-refractivity contribution is 0.573. The number of halogens is 2. The zero-order valence-electron chi connectivity index (χ0n) is 10.3. The molecule has 0 aliphatic heterocycles. The molecule has 1 N–H and O–H groups in total. The molecule has 0 spiro atoms. The zero-order chi connectivity index (χ0) is 12.8. The van der Waals surface area contributed by atoms with Crippen LogP contribution in [0, 0.1) is 11.6 Å². The van der Waals surface area contributed by atoms with Crippen molar-refractivity contribution in [2.45, 2.75) is 6.92 Å². The minimum Gasteiger partial charge on any atom is -0.368 e. The van der Waals surface area contributed by atoms with Crippen molar-refractivity contribution >= 4 is 23.4 Å². The number of hydrogen-bond donors (Lipinski definition) is 1. The first kappa shape index (κ1) is 14.0. The highest BCUT2D eigenvalue weighted by Gasteiger charge is 2.14. The van der Waals surface area contributed by atoms with Gasteiger partial charge >= 0.3 is 0 Å². The van der Waals surface area contributed by atoms with Gasteiger partial charge in [0.15, 0.2) is 23.3 Å². The summed E-state index contributed by atoms with van der Waals surface area (Å²) in [4.78, 5) is 5.66. The minimum absolute atomic E-state index is 0.0971. The quantitative estimate of drug-likeness (QED) is 0.852. The van der Waals surface area contributed by atoms with Crippen LogP contribution in [0.5, 0.6) is 0 Å². The van der Waals surface area contributed by atoms with Crippen molar-refractivity contribution in [1.82, 2.24) is 4.98 Å². The fraction of sp³-hybridized carbons (Fsp3) is 0.545. The Kier molecular flexibility index (Phi) is 5.47. The fourth-order valence-corrected chi connectivity index (χ4v) is 1.81. The number of pyridine rings is 1. The summed E-state index contributed by atoms with van der Waals surface area (Å²) in [7, 11) is 1.75. The smallest absolute Gasteiger partial charge is 0.168 e. The molecule has 17 heavy (non-hydrogen) atoms. The van der Waals surface area contributed by atoms with Gasteiger partial charge in [0.25, 0.3) is 0 Å². The Morgan fingerprint density at radius 2 is 2.12 bits per heavy atom. The van der Waals surface area contributed by atoms with E-state index in [1.54, 1.807) is 23.7 Å². The van der Waals surface area contributed by atoms with Gasteiger partial charge in [0.05, 0.1) is 0 Å².